The normalized spacial score (nSPS) is 14.6. The molecule has 0 bridgehead atoms. The van der Waals surface area contributed by atoms with Crippen molar-refractivity contribution < 1.29 is 5.11 Å². The third-order valence-corrected chi connectivity index (χ3v) is 3.75. The number of aliphatic hydroxyl groups is 1. The van der Waals surface area contributed by atoms with E-state index in [9.17, 15) is 5.11 Å². The van der Waals surface area contributed by atoms with E-state index >= 15 is 0 Å². The van der Waals surface area contributed by atoms with Crippen LogP contribution in [0.4, 0.5) is 0 Å². The number of benzene rings is 1. The first-order valence-corrected chi connectivity index (χ1v) is 6.98. The molecule has 96 valence electrons. The molecule has 1 N–H and O–H groups in total. The molecule has 0 amide bonds. The zero-order valence-corrected chi connectivity index (χ0v) is 11.6. The highest BCUT2D eigenvalue weighted by Crippen LogP contribution is 2.23. The number of hydrogen-bond acceptors (Lipinski definition) is 1. The molecule has 0 radical (unpaired) electrons. The quantitative estimate of drug-likeness (QED) is 0.762. The van der Waals surface area contributed by atoms with Crippen LogP contribution in [0.1, 0.15) is 45.1 Å². The highest BCUT2D eigenvalue weighted by Gasteiger charge is 2.18. The summed E-state index contributed by atoms with van der Waals surface area (Å²) in [5.41, 5.74) is 1.05. The van der Waals surface area contributed by atoms with Crippen molar-refractivity contribution in [2.24, 2.45) is 5.92 Å². The van der Waals surface area contributed by atoms with Crippen LogP contribution in [0.25, 0.3) is 0 Å². The molecule has 0 saturated heterocycles. The minimum Gasteiger partial charge on any atom is -0.392 e. The molecule has 2 atom stereocenters. The van der Waals surface area contributed by atoms with E-state index in [2.05, 4.69) is 13.8 Å². The van der Waals surface area contributed by atoms with Crippen LogP contribution in [0, 0.1) is 5.92 Å². The molecule has 0 heterocycles. The van der Waals surface area contributed by atoms with E-state index < -0.39 is 0 Å². The first-order valence-electron chi connectivity index (χ1n) is 6.60. The highest BCUT2D eigenvalue weighted by atomic mass is 35.5. The van der Waals surface area contributed by atoms with Crippen LogP contribution < -0.4 is 0 Å². The maximum absolute atomic E-state index is 10.3. The first kappa shape index (κ1) is 14.5. The molecular weight excluding hydrogens is 232 g/mol. The first-order chi connectivity index (χ1) is 8.19. The second kappa shape index (κ2) is 7.73. The molecule has 1 aromatic rings. The van der Waals surface area contributed by atoms with E-state index in [0.717, 1.165) is 23.4 Å². The van der Waals surface area contributed by atoms with Crippen LogP contribution in [0.15, 0.2) is 24.3 Å². The summed E-state index contributed by atoms with van der Waals surface area (Å²) in [5, 5.41) is 11.0. The van der Waals surface area contributed by atoms with Crippen molar-refractivity contribution in [2.45, 2.75) is 52.1 Å². The Bertz CT molecular complexity index is 324. The van der Waals surface area contributed by atoms with Gasteiger partial charge in [0.25, 0.3) is 0 Å². The van der Waals surface area contributed by atoms with Gasteiger partial charge in [0.05, 0.1) is 6.10 Å². The van der Waals surface area contributed by atoms with Crippen LogP contribution in [0.5, 0.6) is 0 Å². The molecule has 0 saturated carbocycles. The average molecular weight is 255 g/mol. The Hall–Kier alpha value is -0.530. The van der Waals surface area contributed by atoms with Crippen LogP contribution in [-0.4, -0.2) is 11.2 Å². The van der Waals surface area contributed by atoms with Crippen molar-refractivity contribution in [3.05, 3.63) is 34.9 Å². The van der Waals surface area contributed by atoms with E-state index in [1.807, 2.05) is 24.3 Å². The summed E-state index contributed by atoms with van der Waals surface area (Å²) in [4.78, 5) is 0. The summed E-state index contributed by atoms with van der Waals surface area (Å²) in [7, 11) is 0. The molecule has 1 rings (SSSR count). The third kappa shape index (κ3) is 4.69. The van der Waals surface area contributed by atoms with Gasteiger partial charge >= 0.3 is 0 Å². The lowest BCUT2D eigenvalue weighted by Crippen LogP contribution is -2.22. The van der Waals surface area contributed by atoms with Crippen LogP contribution in [-0.2, 0) is 6.42 Å². The fraction of sp³-hybridized carbons (Fsp3) is 0.600. The summed E-state index contributed by atoms with van der Waals surface area (Å²) in [6.07, 6.45) is 4.92. The minimum atomic E-state index is -0.272. The number of rotatable bonds is 7. The maximum Gasteiger partial charge on any atom is 0.0609 e. The Morgan fingerprint density at radius 1 is 1.24 bits per heavy atom. The Morgan fingerprint density at radius 2 is 1.94 bits per heavy atom. The van der Waals surface area contributed by atoms with Crippen molar-refractivity contribution in [2.75, 3.05) is 0 Å². The summed E-state index contributed by atoms with van der Waals surface area (Å²) in [6.45, 7) is 4.34. The SMILES string of the molecule is CCCCC(CC)C(O)Cc1ccccc1Cl. The standard InChI is InChI=1S/C15H23ClO/c1-3-5-8-12(4-2)15(17)11-13-9-6-7-10-14(13)16/h6-7,9-10,12,15,17H,3-5,8,11H2,1-2H3. The summed E-state index contributed by atoms with van der Waals surface area (Å²) in [6, 6.07) is 7.78. The molecule has 0 aromatic heterocycles. The zero-order chi connectivity index (χ0) is 12.7. The van der Waals surface area contributed by atoms with E-state index in [1.165, 1.54) is 12.8 Å². The van der Waals surface area contributed by atoms with Crippen molar-refractivity contribution in [1.29, 1.82) is 0 Å². The Kier molecular flexibility index (Phi) is 6.61. The van der Waals surface area contributed by atoms with Crippen molar-refractivity contribution in [3.63, 3.8) is 0 Å². The number of unbranched alkanes of at least 4 members (excludes halogenated alkanes) is 1. The second-order valence-corrected chi connectivity index (χ2v) is 5.08. The van der Waals surface area contributed by atoms with E-state index in [1.54, 1.807) is 0 Å². The molecule has 17 heavy (non-hydrogen) atoms. The molecule has 0 fully saturated rings. The molecule has 1 nitrogen and oxygen atoms in total. The topological polar surface area (TPSA) is 20.2 Å². The van der Waals surface area contributed by atoms with Crippen molar-refractivity contribution in [1.82, 2.24) is 0 Å². The molecule has 0 aliphatic heterocycles. The van der Waals surface area contributed by atoms with Gasteiger partial charge in [-0.25, -0.2) is 0 Å². The lowest BCUT2D eigenvalue weighted by Gasteiger charge is -2.21. The Balaban J connectivity index is 2.57. The molecule has 2 heteroatoms. The monoisotopic (exact) mass is 254 g/mol. The fourth-order valence-electron chi connectivity index (χ4n) is 2.19. The van der Waals surface area contributed by atoms with Gasteiger partial charge in [0, 0.05) is 11.4 Å². The number of halogens is 1. The van der Waals surface area contributed by atoms with Gasteiger partial charge in [0.15, 0.2) is 0 Å². The smallest absolute Gasteiger partial charge is 0.0609 e. The number of hydrogen-bond donors (Lipinski definition) is 1. The fourth-order valence-corrected chi connectivity index (χ4v) is 2.40. The van der Waals surface area contributed by atoms with Crippen LogP contribution in [0.2, 0.25) is 5.02 Å². The minimum absolute atomic E-state index is 0.272. The largest absolute Gasteiger partial charge is 0.392 e. The van der Waals surface area contributed by atoms with Gasteiger partial charge in [-0.15, -0.1) is 0 Å². The summed E-state index contributed by atoms with van der Waals surface area (Å²) < 4.78 is 0. The van der Waals surface area contributed by atoms with Crippen molar-refractivity contribution in [3.8, 4) is 0 Å². The third-order valence-electron chi connectivity index (χ3n) is 3.38. The molecule has 0 spiro atoms. The van der Waals surface area contributed by atoms with Crippen LogP contribution in [0.3, 0.4) is 0 Å². The molecule has 0 aliphatic rings. The van der Waals surface area contributed by atoms with Gasteiger partial charge in [0.1, 0.15) is 0 Å². The maximum atomic E-state index is 10.3. The van der Waals surface area contributed by atoms with Gasteiger partial charge < -0.3 is 5.11 Å². The Labute approximate surface area is 110 Å². The Morgan fingerprint density at radius 3 is 2.53 bits per heavy atom. The predicted molar refractivity (Wildman–Crippen MR) is 74.5 cm³/mol. The highest BCUT2D eigenvalue weighted by molar-refractivity contribution is 6.31. The second-order valence-electron chi connectivity index (χ2n) is 4.67. The van der Waals surface area contributed by atoms with Crippen molar-refractivity contribution >= 4 is 11.6 Å². The number of aliphatic hydroxyl groups excluding tert-OH is 1. The summed E-state index contributed by atoms with van der Waals surface area (Å²) in [5.74, 6) is 0.395. The molecule has 2 unspecified atom stereocenters. The van der Waals surface area contributed by atoms with Gasteiger partial charge in [0.2, 0.25) is 0 Å². The lowest BCUT2D eigenvalue weighted by molar-refractivity contribution is 0.0987. The average Bonchev–Trinajstić information content (AvgIpc) is 2.33. The molecule has 1 aromatic carbocycles. The lowest BCUT2D eigenvalue weighted by atomic mass is 9.89. The molecular formula is C15H23ClO. The zero-order valence-electron chi connectivity index (χ0n) is 10.8. The van der Waals surface area contributed by atoms with Gasteiger partial charge in [-0.2, -0.15) is 0 Å². The van der Waals surface area contributed by atoms with Crippen LogP contribution >= 0.6 is 11.6 Å². The summed E-state index contributed by atoms with van der Waals surface area (Å²) >= 11 is 6.11. The van der Waals surface area contributed by atoms with Gasteiger partial charge in [-0.3, -0.25) is 0 Å². The van der Waals surface area contributed by atoms with Gasteiger partial charge in [-0.05, 0) is 24.0 Å². The van der Waals surface area contributed by atoms with E-state index in [0.29, 0.717) is 12.3 Å². The van der Waals surface area contributed by atoms with E-state index in [-0.39, 0.29) is 6.10 Å². The van der Waals surface area contributed by atoms with Gasteiger partial charge in [-0.1, -0.05) is 62.9 Å². The predicted octanol–water partition coefficient (Wildman–Crippen LogP) is 4.46. The van der Waals surface area contributed by atoms with E-state index in [4.69, 9.17) is 11.6 Å². The molecule has 0 aliphatic carbocycles.